The number of aromatic nitrogens is 3. The van der Waals surface area contributed by atoms with Crippen molar-refractivity contribution in [2.75, 3.05) is 0 Å². The summed E-state index contributed by atoms with van der Waals surface area (Å²) in [6.45, 7) is 0. The number of pyridine rings is 2. The molecule has 3 aromatic heterocycles. The van der Waals surface area contributed by atoms with Crippen molar-refractivity contribution in [2.45, 2.75) is 38.0 Å². The van der Waals surface area contributed by atoms with Gasteiger partial charge in [-0.3, -0.25) is 4.57 Å². The summed E-state index contributed by atoms with van der Waals surface area (Å²) in [7, 11) is 0. The zero-order valence-electron chi connectivity index (χ0n) is 20.3. The lowest BCUT2D eigenvalue weighted by Crippen LogP contribution is -2.03. The van der Waals surface area contributed by atoms with E-state index in [9.17, 15) is 5.11 Å². The lowest BCUT2D eigenvalue weighted by atomic mass is 9.90. The first-order valence-corrected chi connectivity index (χ1v) is 13.0. The number of fused-ring (bicyclic) bond motifs is 3. The fraction of sp³-hybridized carbons (Fsp3) is 0.188. The van der Waals surface area contributed by atoms with E-state index in [4.69, 9.17) is 14.7 Å². The molecule has 0 radical (unpaired) electrons. The van der Waals surface area contributed by atoms with E-state index in [1.807, 2.05) is 24.4 Å². The Labute approximate surface area is 214 Å². The first-order valence-electron chi connectivity index (χ1n) is 13.0. The van der Waals surface area contributed by atoms with Crippen LogP contribution >= 0.6 is 0 Å². The molecule has 1 N–H and O–H groups in total. The van der Waals surface area contributed by atoms with E-state index in [2.05, 4.69) is 53.1 Å². The molecule has 5 nitrogen and oxygen atoms in total. The number of nitrogens with zero attached hydrogens (tertiary/aromatic N) is 3. The van der Waals surface area contributed by atoms with Gasteiger partial charge in [0.1, 0.15) is 22.8 Å². The predicted molar refractivity (Wildman–Crippen MR) is 146 cm³/mol. The number of benzene rings is 3. The Hall–Kier alpha value is -4.38. The molecule has 1 fully saturated rings. The normalized spacial score (nSPS) is 15.0. The van der Waals surface area contributed by atoms with Gasteiger partial charge in [0.05, 0.1) is 11.0 Å². The van der Waals surface area contributed by atoms with E-state index >= 15 is 0 Å². The second-order valence-corrected chi connectivity index (χ2v) is 10.3. The standard InChI is InChI=1S/C32H25N3O2/c36-28-13-10-20-4-3-5-22-17-30(34-32(28)31(20)22)37-23-11-12-25-24-6-1-2-7-26(24)35(27(25)18-23)29-16-21(14-15-33-29)19-8-9-19/h1-2,6-7,10-19,36H,3-5,8-9H2. The Kier molecular flexibility index (Phi) is 4.38. The lowest BCUT2D eigenvalue weighted by Gasteiger charge is -2.18. The van der Waals surface area contributed by atoms with Crippen LogP contribution in [0.25, 0.3) is 38.5 Å². The van der Waals surface area contributed by atoms with Crippen molar-refractivity contribution in [2.24, 2.45) is 0 Å². The van der Waals surface area contributed by atoms with E-state index in [1.54, 1.807) is 6.07 Å². The fourth-order valence-corrected chi connectivity index (χ4v) is 5.99. The van der Waals surface area contributed by atoms with Crippen LogP contribution in [-0.4, -0.2) is 19.6 Å². The number of aryl methyl sites for hydroxylation is 2. The quantitative estimate of drug-likeness (QED) is 0.281. The van der Waals surface area contributed by atoms with E-state index in [-0.39, 0.29) is 5.75 Å². The summed E-state index contributed by atoms with van der Waals surface area (Å²) in [5.41, 5.74) is 6.60. The Balaban J connectivity index is 1.28. The van der Waals surface area contributed by atoms with Gasteiger partial charge in [-0.15, -0.1) is 0 Å². The van der Waals surface area contributed by atoms with Gasteiger partial charge in [0.25, 0.3) is 0 Å². The molecule has 8 rings (SSSR count). The van der Waals surface area contributed by atoms with Crippen molar-refractivity contribution in [3.63, 3.8) is 0 Å². The molecule has 0 amide bonds. The molecule has 6 aromatic rings. The molecule has 3 aromatic carbocycles. The summed E-state index contributed by atoms with van der Waals surface area (Å²) in [4.78, 5) is 9.49. The average Bonchev–Trinajstić information content (AvgIpc) is 3.73. The van der Waals surface area contributed by atoms with Crippen molar-refractivity contribution < 1.29 is 9.84 Å². The van der Waals surface area contributed by atoms with Gasteiger partial charge in [-0.2, -0.15) is 0 Å². The summed E-state index contributed by atoms with van der Waals surface area (Å²) in [5, 5.41) is 14.0. The predicted octanol–water partition coefficient (Wildman–Crippen LogP) is 7.59. The van der Waals surface area contributed by atoms with E-state index in [1.165, 1.54) is 34.9 Å². The van der Waals surface area contributed by atoms with E-state index in [0.717, 1.165) is 46.9 Å². The Morgan fingerprint density at radius 3 is 2.62 bits per heavy atom. The van der Waals surface area contributed by atoms with Crippen molar-refractivity contribution in [1.82, 2.24) is 14.5 Å². The van der Waals surface area contributed by atoms with Crippen LogP contribution in [0.2, 0.25) is 0 Å². The lowest BCUT2D eigenvalue weighted by molar-refractivity contribution is 0.459. The third kappa shape index (κ3) is 3.30. The highest BCUT2D eigenvalue weighted by Crippen LogP contribution is 2.42. The molecule has 0 saturated heterocycles. The first-order chi connectivity index (χ1) is 18.2. The van der Waals surface area contributed by atoms with E-state index in [0.29, 0.717) is 23.1 Å². The number of hydrogen-bond donors (Lipinski definition) is 1. The highest BCUT2D eigenvalue weighted by Gasteiger charge is 2.24. The number of rotatable bonds is 4. The van der Waals surface area contributed by atoms with Gasteiger partial charge >= 0.3 is 0 Å². The minimum atomic E-state index is 0.199. The second-order valence-electron chi connectivity index (χ2n) is 10.3. The Morgan fingerprint density at radius 1 is 0.838 bits per heavy atom. The molecule has 0 unspecified atom stereocenters. The first kappa shape index (κ1) is 20.8. The molecule has 0 atom stereocenters. The summed E-state index contributed by atoms with van der Waals surface area (Å²) in [6, 6.07) is 24.8. The van der Waals surface area contributed by atoms with Crippen LogP contribution in [0.15, 0.2) is 79.0 Å². The summed E-state index contributed by atoms with van der Waals surface area (Å²) in [6.07, 6.45) is 7.51. The van der Waals surface area contributed by atoms with Crippen LogP contribution in [0.5, 0.6) is 17.4 Å². The SMILES string of the molecule is Oc1ccc2c3c(cc(Oc4ccc5c6ccccc6n(-c6cc(C7CC7)ccn6)c5c4)nc13)CCC2. The third-order valence-electron chi connectivity index (χ3n) is 7.89. The summed E-state index contributed by atoms with van der Waals surface area (Å²) in [5.74, 6) is 3.00. The molecule has 5 heteroatoms. The topological polar surface area (TPSA) is 60.2 Å². The second kappa shape index (κ2) is 7.81. The molecule has 3 heterocycles. The van der Waals surface area contributed by atoms with E-state index < -0.39 is 0 Å². The minimum Gasteiger partial charge on any atom is -0.506 e. The number of aromatic hydroxyl groups is 1. The summed E-state index contributed by atoms with van der Waals surface area (Å²) < 4.78 is 8.59. The molecule has 0 spiro atoms. The van der Waals surface area contributed by atoms with Crippen LogP contribution in [0, 0.1) is 0 Å². The molecule has 2 aliphatic carbocycles. The molecule has 37 heavy (non-hydrogen) atoms. The molecule has 2 aliphatic rings. The Bertz CT molecular complexity index is 1870. The highest BCUT2D eigenvalue weighted by atomic mass is 16.5. The van der Waals surface area contributed by atoms with Crippen LogP contribution in [0.4, 0.5) is 0 Å². The summed E-state index contributed by atoms with van der Waals surface area (Å²) >= 11 is 0. The number of phenols is 1. The number of phenolic OH excluding ortho intramolecular Hbond substituents is 1. The number of para-hydroxylation sites is 1. The molecule has 1 saturated carbocycles. The molecule has 180 valence electrons. The Morgan fingerprint density at radius 2 is 1.70 bits per heavy atom. The van der Waals surface area contributed by atoms with Crippen molar-refractivity contribution in [3.05, 3.63) is 95.7 Å². The minimum absolute atomic E-state index is 0.199. The molecule has 0 bridgehead atoms. The maximum Gasteiger partial charge on any atom is 0.220 e. The molecular weight excluding hydrogens is 458 g/mol. The smallest absolute Gasteiger partial charge is 0.220 e. The average molecular weight is 484 g/mol. The molecular formula is C32H25N3O2. The van der Waals surface area contributed by atoms with Crippen LogP contribution < -0.4 is 4.74 Å². The largest absolute Gasteiger partial charge is 0.506 e. The third-order valence-corrected chi connectivity index (χ3v) is 7.89. The van der Waals surface area contributed by atoms with Crippen molar-refractivity contribution >= 4 is 32.7 Å². The van der Waals surface area contributed by atoms with Crippen LogP contribution in [0.3, 0.4) is 0 Å². The van der Waals surface area contributed by atoms with Gasteiger partial charge in [0.15, 0.2) is 0 Å². The maximum absolute atomic E-state index is 10.6. The van der Waals surface area contributed by atoms with Gasteiger partial charge < -0.3 is 9.84 Å². The van der Waals surface area contributed by atoms with Gasteiger partial charge in [0, 0.05) is 34.5 Å². The van der Waals surface area contributed by atoms with Crippen LogP contribution in [0.1, 0.15) is 41.9 Å². The van der Waals surface area contributed by atoms with Gasteiger partial charge in [0.2, 0.25) is 5.88 Å². The zero-order chi connectivity index (χ0) is 24.5. The van der Waals surface area contributed by atoms with Gasteiger partial charge in [-0.25, -0.2) is 9.97 Å². The highest BCUT2D eigenvalue weighted by molar-refractivity contribution is 6.09. The maximum atomic E-state index is 10.6. The monoisotopic (exact) mass is 483 g/mol. The van der Waals surface area contributed by atoms with Crippen LogP contribution in [-0.2, 0) is 12.8 Å². The number of ether oxygens (including phenoxy) is 1. The van der Waals surface area contributed by atoms with Gasteiger partial charge in [-0.05, 0) is 91.1 Å². The number of hydrogen-bond acceptors (Lipinski definition) is 4. The van der Waals surface area contributed by atoms with Crippen molar-refractivity contribution in [1.29, 1.82) is 0 Å². The van der Waals surface area contributed by atoms with Crippen molar-refractivity contribution in [3.8, 4) is 23.2 Å². The molecule has 0 aliphatic heterocycles. The zero-order valence-corrected chi connectivity index (χ0v) is 20.3. The fourth-order valence-electron chi connectivity index (χ4n) is 5.99. The van der Waals surface area contributed by atoms with Gasteiger partial charge in [-0.1, -0.05) is 24.3 Å².